The molecule has 4 nitrogen and oxygen atoms in total. The molecule has 0 amide bonds. The maximum atomic E-state index is 5.40. The first-order chi connectivity index (χ1) is 7.80. The van der Waals surface area contributed by atoms with E-state index in [1.807, 2.05) is 12.1 Å². The molecule has 0 aliphatic heterocycles. The van der Waals surface area contributed by atoms with Crippen LogP contribution >= 0.6 is 11.3 Å². The molecule has 0 spiro atoms. The van der Waals surface area contributed by atoms with Crippen LogP contribution in [0.2, 0.25) is 0 Å². The molecule has 1 aromatic heterocycles. The molecule has 86 valence electrons. The van der Waals surface area contributed by atoms with E-state index in [9.17, 15) is 0 Å². The Morgan fingerprint density at radius 3 is 2.94 bits per heavy atom. The minimum Gasteiger partial charge on any atom is -0.497 e. The van der Waals surface area contributed by atoms with Crippen molar-refractivity contribution in [2.75, 3.05) is 7.11 Å². The number of aryl methyl sites for hydroxylation is 1. The lowest BCUT2D eigenvalue weighted by Gasteiger charge is -2.03. The molecule has 1 aromatic carbocycles. The second-order valence-corrected chi connectivity index (χ2v) is 4.51. The van der Waals surface area contributed by atoms with Crippen LogP contribution in [-0.4, -0.2) is 11.7 Å². The smallest absolute Gasteiger partial charge is 0.208 e. The summed E-state index contributed by atoms with van der Waals surface area (Å²) in [6, 6.07) is 6.03. The highest BCUT2D eigenvalue weighted by Crippen LogP contribution is 2.23. The standard InChI is InChI=1S/C11H15N3OS/c1-3-6-14-9-5-4-8(15-2)7-10(9)16-11(14)13-12/h4-5,7H,3,6,12H2,1-2H3. The normalized spacial score (nSPS) is 12.2. The van der Waals surface area contributed by atoms with E-state index in [1.165, 1.54) is 0 Å². The number of nitrogens with two attached hydrogens (primary N) is 1. The van der Waals surface area contributed by atoms with Gasteiger partial charge in [0.05, 0.1) is 17.3 Å². The Hall–Kier alpha value is -1.49. The van der Waals surface area contributed by atoms with E-state index < -0.39 is 0 Å². The fraction of sp³-hybridized carbons (Fsp3) is 0.364. The number of benzene rings is 1. The molecule has 0 saturated carbocycles. The Kier molecular flexibility index (Phi) is 3.14. The van der Waals surface area contributed by atoms with Crippen LogP contribution in [0.1, 0.15) is 13.3 Å². The van der Waals surface area contributed by atoms with Gasteiger partial charge in [0.25, 0.3) is 0 Å². The summed E-state index contributed by atoms with van der Waals surface area (Å²) >= 11 is 1.58. The Balaban J connectivity index is 2.68. The van der Waals surface area contributed by atoms with Crippen molar-refractivity contribution in [3.05, 3.63) is 23.0 Å². The van der Waals surface area contributed by atoms with E-state index in [-0.39, 0.29) is 0 Å². The second kappa shape index (κ2) is 4.57. The van der Waals surface area contributed by atoms with Crippen LogP contribution in [0.4, 0.5) is 0 Å². The first kappa shape index (κ1) is 11.0. The van der Waals surface area contributed by atoms with Gasteiger partial charge in [0.1, 0.15) is 5.75 Å². The van der Waals surface area contributed by atoms with Gasteiger partial charge in [-0.15, -0.1) is 0 Å². The lowest BCUT2D eigenvalue weighted by Crippen LogP contribution is -2.16. The van der Waals surface area contributed by atoms with Crippen molar-refractivity contribution in [1.82, 2.24) is 4.57 Å². The third kappa shape index (κ3) is 1.78. The van der Waals surface area contributed by atoms with Gasteiger partial charge in [-0.1, -0.05) is 18.3 Å². The third-order valence-corrected chi connectivity index (χ3v) is 3.50. The number of fused-ring (bicyclic) bond motifs is 1. The predicted octanol–water partition coefficient (Wildman–Crippen LogP) is 1.90. The Bertz CT molecular complexity index is 556. The predicted molar refractivity (Wildman–Crippen MR) is 66.4 cm³/mol. The number of ether oxygens (including phenoxy) is 1. The topological polar surface area (TPSA) is 52.5 Å². The molecule has 0 aliphatic rings. The van der Waals surface area contributed by atoms with Gasteiger partial charge >= 0.3 is 0 Å². The van der Waals surface area contributed by atoms with E-state index >= 15 is 0 Å². The van der Waals surface area contributed by atoms with Gasteiger partial charge in [-0.05, 0) is 24.6 Å². The number of rotatable bonds is 3. The fourth-order valence-corrected chi connectivity index (χ4v) is 2.73. The molecular formula is C11H15N3OS. The van der Waals surface area contributed by atoms with Gasteiger partial charge in [0.2, 0.25) is 4.80 Å². The number of nitrogens with zero attached hydrogens (tertiary/aromatic N) is 2. The molecule has 0 saturated heterocycles. The molecule has 0 bridgehead atoms. The van der Waals surface area contributed by atoms with Gasteiger partial charge in [-0.3, -0.25) is 0 Å². The van der Waals surface area contributed by atoms with Crippen molar-refractivity contribution in [1.29, 1.82) is 0 Å². The average Bonchev–Trinajstić information content (AvgIpc) is 2.67. The Morgan fingerprint density at radius 1 is 1.50 bits per heavy atom. The Morgan fingerprint density at radius 2 is 2.31 bits per heavy atom. The van der Waals surface area contributed by atoms with Crippen LogP contribution in [0.25, 0.3) is 10.2 Å². The average molecular weight is 237 g/mol. The lowest BCUT2D eigenvalue weighted by atomic mass is 10.3. The summed E-state index contributed by atoms with van der Waals surface area (Å²) in [7, 11) is 1.67. The zero-order chi connectivity index (χ0) is 11.5. The van der Waals surface area contributed by atoms with E-state index in [1.54, 1.807) is 18.4 Å². The Labute approximate surface area is 98.0 Å². The van der Waals surface area contributed by atoms with Gasteiger partial charge in [0, 0.05) is 6.54 Å². The number of methoxy groups -OCH3 is 1. The minimum absolute atomic E-state index is 0.852. The van der Waals surface area contributed by atoms with Crippen molar-refractivity contribution in [2.24, 2.45) is 10.9 Å². The van der Waals surface area contributed by atoms with E-state index in [0.717, 1.165) is 33.7 Å². The van der Waals surface area contributed by atoms with Gasteiger partial charge < -0.3 is 15.1 Å². The van der Waals surface area contributed by atoms with Crippen molar-refractivity contribution < 1.29 is 4.74 Å². The number of hydrogen-bond acceptors (Lipinski definition) is 4. The van der Waals surface area contributed by atoms with E-state index in [4.69, 9.17) is 10.6 Å². The van der Waals surface area contributed by atoms with Crippen molar-refractivity contribution in [3.63, 3.8) is 0 Å². The maximum Gasteiger partial charge on any atom is 0.208 e. The molecule has 0 atom stereocenters. The molecule has 2 N–H and O–H groups in total. The summed E-state index contributed by atoms with van der Waals surface area (Å²) in [5, 5.41) is 3.82. The van der Waals surface area contributed by atoms with Gasteiger partial charge in [-0.25, -0.2) is 0 Å². The van der Waals surface area contributed by atoms with Gasteiger partial charge in [0.15, 0.2) is 0 Å². The lowest BCUT2D eigenvalue weighted by molar-refractivity contribution is 0.415. The third-order valence-electron chi connectivity index (χ3n) is 2.45. The largest absolute Gasteiger partial charge is 0.497 e. The van der Waals surface area contributed by atoms with E-state index in [0.29, 0.717) is 0 Å². The minimum atomic E-state index is 0.852. The second-order valence-electron chi connectivity index (χ2n) is 3.50. The molecule has 0 fully saturated rings. The number of aromatic nitrogens is 1. The summed E-state index contributed by atoms with van der Waals surface area (Å²) in [6.45, 7) is 3.07. The number of thiazole rings is 1. The summed E-state index contributed by atoms with van der Waals surface area (Å²) in [5.41, 5.74) is 1.16. The summed E-state index contributed by atoms with van der Waals surface area (Å²) in [4.78, 5) is 0.852. The van der Waals surface area contributed by atoms with Crippen molar-refractivity contribution in [2.45, 2.75) is 19.9 Å². The zero-order valence-corrected chi connectivity index (χ0v) is 10.3. The molecular weight excluding hydrogens is 222 g/mol. The fourth-order valence-electron chi connectivity index (χ4n) is 1.72. The summed E-state index contributed by atoms with van der Waals surface area (Å²) < 4.78 is 8.49. The molecule has 2 aromatic rings. The maximum absolute atomic E-state index is 5.40. The number of hydrogen-bond donors (Lipinski definition) is 1. The quantitative estimate of drug-likeness (QED) is 0.654. The molecule has 5 heteroatoms. The first-order valence-corrected chi connectivity index (χ1v) is 6.03. The highest BCUT2D eigenvalue weighted by molar-refractivity contribution is 7.16. The van der Waals surface area contributed by atoms with Crippen LogP contribution in [0, 0.1) is 0 Å². The van der Waals surface area contributed by atoms with Crippen LogP contribution in [0.5, 0.6) is 5.75 Å². The molecule has 1 heterocycles. The summed E-state index contributed by atoms with van der Waals surface area (Å²) in [5.74, 6) is 6.26. The molecule has 0 unspecified atom stereocenters. The molecule has 0 aliphatic carbocycles. The van der Waals surface area contributed by atoms with Crippen LogP contribution < -0.4 is 15.4 Å². The van der Waals surface area contributed by atoms with Crippen LogP contribution in [0.15, 0.2) is 23.3 Å². The SMILES string of the molecule is CCCn1c(=NN)sc2cc(OC)ccc21. The van der Waals surface area contributed by atoms with Gasteiger partial charge in [-0.2, -0.15) is 5.10 Å². The highest BCUT2D eigenvalue weighted by atomic mass is 32.1. The van der Waals surface area contributed by atoms with Crippen LogP contribution in [-0.2, 0) is 6.54 Å². The summed E-state index contributed by atoms with van der Waals surface area (Å²) in [6.07, 6.45) is 1.06. The molecule has 16 heavy (non-hydrogen) atoms. The zero-order valence-electron chi connectivity index (χ0n) is 9.43. The van der Waals surface area contributed by atoms with Crippen LogP contribution in [0.3, 0.4) is 0 Å². The van der Waals surface area contributed by atoms with Crippen molar-refractivity contribution >= 4 is 21.6 Å². The molecule has 2 rings (SSSR count). The van der Waals surface area contributed by atoms with Crippen molar-refractivity contribution in [3.8, 4) is 5.75 Å². The molecule has 0 radical (unpaired) electrons. The first-order valence-electron chi connectivity index (χ1n) is 5.21. The van der Waals surface area contributed by atoms with E-state index in [2.05, 4.69) is 22.7 Å². The monoisotopic (exact) mass is 237 g/mol. The highest BCUT2D eigenvalue weighted by Gasteiger charge is 2.06.